The van der Waals surface area contributed by atoms with Crippen molar-refractivity contribution in [2.45, 2.75) is 37.2 Å². The molecule has 31 heavy (non-hydrogen) atoms. The van der Waals surface area contributed by atoms with E-state index in [2.05, 4.69) is 15.5 Å². The molecule has 0 spiro atoms. The second-order valence-electron chi connectivity index (χ2n) is 6.60. The lowest BCUT2D eigenvalue weighted by Gasteiger charge is -2.09. The van der Waals surface area contributed by atoms with E-state index in [4.69, 9.17) is 16.3 Å². The Balaban J connectivity index is 1.59. The molecular weight excluding hydrogens is 436 g/mol. The van der Waals surface area contributed by atoms with Crippen molar-refractivity contribution >= 4 is 41.0 Å². The molecule has 0 saturated heterocycles. The van der Waals surface area contributed by atoms with E-state index in [1.54, 1.807) is 24.3 Å². The molecule has 1 aromatic heterocycles. The molecule has 2 aromatic carbocycles. The molecule has 9 heteroatoms. The number of ether oxygens (including phenoxy) is 1. The summed E-state index contributed by atoms with van der Waals surface area (Å²) < 4.78 is 7.03. The van der Waals surface area contributed by atoms with Gasteiger partial charge in [0.15, 0.2) is 10.9 Å². The summed E-state index contributed by atoms with van der Waals surface area (Å²) in [6.07, 6.45) is 0.107. The Bertz CT molecular complexity index is 1070. The number of hydrogen-bond donors (Lipinski definition) is 1. The van der Waals surface area contributed by atoms with E-state index < -0.39 is 0 Å². The van der Waals surface area contributed by atoms with Gasteiger partial charge in [0.05, 0.1) is 12.7 Å². The van der Waals surface area contributed by atoms with Gasteiger partial charge in [0.2, 0.25) is 11.9 Å². The number of anilines is 1. The number of methoxy groups -OCH3 is 1. The highest BCUT2D eigenvalue weighted by Gasteiger charge is 2.17. The molecular formula is C22H23ClN4O3S. The van der Waals surface area contributed by atoms with Gasteiger partial charge >= 0.3 is 0 Å². The summed E-state index contributed by atoms with van der Waals surface area (Å²) in [4.78, 5) is 24.9. The molecule has 0 aliphatic carbocycles. The Labute approximate surface area is 190 Å². The van der Waals surface area contributed by atoms with Gasteiger partial charge in [-0.15, -0.1) is 10.2 Å². The van der Waals surface area contributed by atoms with Crippen LogP contribution in [0.4, 0.5) is 5.95 Å². The van der Waals surface area contributed by atoms with E-state index in [-0.39, 0.29) is 24.5 Å². The normalized spacial score (nSPS) is 10.7. The summed E-state index contributed by atoms with van der Waals surface area (Å²) in [7, 11) is 1.51. The summed E-state index contributed by atoms with van der Waals surface area (Å²) in [5, 5.41) is 12.4. The van der Waals surface area contributed by atoms with Crippen molar-refractivity contribution in [1.29, 1.82) is 0 Å². The first kappa shape index (κ1) is 22.8. The molecule has 0 aliphatic heterocycles. The highest BCUT2D eigenvalue weighted by atomic mass is 35.5. The van der Waals surface area contributed by atoms with Crippen LogP contribution in [0.1, 0.15) is 35.7 Å². The van der Waals surface area contributed by atoms with Crippen molar-refractivity contribution in [2.75, 3.05) is 12.4 Å². The molecule has 3 aromatic rings. The number of para-hydroxylation sites is 1. The van der Waals surface area contributed by atoms with Crippen LogP contribution in [0.3, 0.4) is 0 Å². The Morgan fingerprint density at radius 1 is 1.10 bits per heavy atom. The van der Waals surface area contributed by atoms with E-state index in [9.17, 15) is 9.59 Å². The number of hydrogen-bond acceptors (Lipinski definition) is 6. The van der Waals surface area contributed by atoms with Crippen molar-refractivity contribution in [1.82, 2.24) is 14.8 Å². The summed E-state index contributed by atoms with van der Waals surface area (Å²) >= 11 is 7.71. The zero-order valence-electron chi connectivity index (χ0n) is 17.3. The molecule has 0 atom stereocenters. The van der Waals surface area contributed by atoms with Gasteiger partial charge in [-0.05, 0) is 30.7 Å². The quantitative estimate of drug-likeness (QED) is 0.345. The largest absolute Gasteiger partial charge is 0.496 e. The molecule has 0 unspecified atom stereocenters. The number of thioether (sulfide) groups is 1. The van der Waals surface area contributed by atoms with E-state index in [1.807, 2.05) is 35.8 Å². The molecule has 1 heterocycles. The summed E-state index contributed by atoms with van der Waals surface area (Å²) in [6, 6.07) is 14.6. The maximum atomic E-state index is 12.4. The van der Waals surface area contributed by atoms with Gasteiger partial charge in [-0.25, -0.2) is 0 Å². The van der Waals surface area contributed by atoms with Gasteiger partial charge in [-0.2, -0.15) is 0 Å². The maximum Gasteiger partial charge on any atom is 0.231 e. The van der Waals surface area contributed by atoms with E-state index in [1.165, 1.54) is 18.9 Å². The number of aromatic nitrogens is 3. The van der Waals surface area contributed by atoms with Crippen LogP contribution >= 0.6 is 23.4 Å². The number of Topliss-reactive ketones (excluding diaryl/α,β-unsaturated/α-hetero) is 1. The molecule has 0 fully saturated rings. The van der Waals surface area contributed by atoms with Crippen LogP contribution in [0.5, 0.6) is 5.75 Å². The number of benzene rings is 2. The molecule has 7 nitrogen and oxygen atoms in total. The van der Waals surface area contributed by atoms with Gasteiger partial charge in [0, 0.05) is 30.2 Å². The number of nitrogens with zero attached hydrogens (tertiary/aromatic N) is 3. The summed E-state index contributed by atoms with van der Waals surface area (Å²) in [6.45, 7) is 2.54. The summed E-state index contributed by atoms with van der Waals surface area (Å²) in [5.74, 6) is 1.05. The lowest BCUT2D eigenvalue weighted by atomic mass is 10.1. The fraction of sp³-hybridized carbons (Fsp3) is 0.273. The average Bonchev–Trinajstić information content (AvgIpc) is 3.18. The summed E-state index contributed by atoms with van der Waals surface area (Å²) in [5.41, 5.74) is 1.47. The Morgan fingerprint density at radius 3 is 2.58 bits per heavy atom. The van der Waals surface area contributed by atoms with Gasteiger partial charge in [0.25, 0.3) is 0 Å². The Kier molecular flexibility index (Phi) is 8.08. The molecule has 3 rings (SSSR count). The highest BCUT2D eigenvalue weighted by Crippen LogP contribution is 2.27. The predicted octanol–water partition coefficient (Wildman–Crippen LogP) is 4.85. The van der Waals surface area contributed by atoms with Crippen LogP contribution in [0.25, 0.3) is 0 Å². The Hall–Kier alpha value is -2.84. The number of carbonyl (C=O) groups excluding carboxylic acids is 2. The second-order valence-corrected chi connectivity index (χ2v) is 7.95. The zero-order chi connectivity index (χ0) is 22.2. The Morgan fingerprint density at radius 2 is 1.84 bits per heavy atom. The lowest BCUT2D eigenvalue weighted by Crippen LogP contribution is -2.17. The third kappa shape index (κ3) is 5.86. The van der Waals surface area contributed by atoms with E-state index >= 15 is 0 Å². The van der Waals surface area contributed by atoms with Crippen LogP contribution in [-0.2, 0) is 17.1 Å². The van der Waals surface area contributed by atoms with Crippen molar-refractivity contribution in [3.05, 3.63) is 64.7 Å². The standard InChI is InChI=1S/C22H23ClN4O3S/c1-3-27-21(25-26-22(27)31-14-15-8-4-6-10-17(15)23)24-20(29)13-12-18(28)16-9-5-7-11-19(16)30-2/h4-11H,3,12-14H2,1-2H3,(H,24,25,29). The van der Waals surface area contributed by atoms with Crippen molar-refractivity contribution in [2.24, 2.45) is 0 Å². The number of nitrogens with one attached hydrogen (secondary N) is 1. The number of halogens is 1. The van der Waals surface area contributed by atoms with Crippen molar-refractivity contribution in [3.63, 3.8) is 0 Å². The maximum absolute atomic E-state index is 12.4. The van der Waals surface area contributed by atoms with Gasteiger partial charge < -0.3 is 4.74 Å². The first-order chi connectivity index (χ1) is 15.0. The minimum Gasteiger partial charge on any atom is -0.496 e. The van der Waals surface area contributed by atoms with Crippen LogP contribution in [0.2, 0.25) is 5.02 Å². The van der Waals surface area contributed by atoms with Crippen molar-refractivity contribution in [3.8, 4) is 5.75 Å². The predicted molar refractivity (Wildman–Crippen MR) is 122 cm³/mol. The van der Waals surface area contributed by atoms with E-state index in [0.717, 1.165) is 5.56 Å². The first-order valence-corrected chi connectivity index (χ1v) is 11.1. The molecule has 162 valence electrons. The number of ketones is 1. The van der Waals surface area contributed by atoms with Crippen LogP contribution < -0.4 is 10.1 Å². The lowest BCUT2D eigenvalue weighted by molar-refractivity contribution is -0.116. The van der Waals surface area contributed by atoms with Crippen LogP contribution in [0.15, 0.2) is 53.7 Å². The minimum absolute atomic E-state index is 0.0373. The molecule has 0 radical (unpaired) electrons. The first-order valence-electron chi connectivity index (χ1n) is 9.79. The molecule has 0 saturated carbocycles. The van der Waals surface area contributed by atoms with Gasteiger partial charge in [0.1, 0.15) is 5.75 Å². The van der Waals surface area contributed by atoms with Crippen LogP contribution in [-0.4, -0.2) is 33.6 Å². The molecule has 0 bridgehead atoms. The monoisotopic (exact) mass is 458 g/mol. The topological polar surface area (TPSA) is 86.1 Å². The smallest absolute Gasteiger partial charge is 0.231 e. The molecule has 0 aliphatic rings. The second kappa shape index (κ2) is 11.0. The fourth-order valence-corrected chi connectivity index (χ4v) is 4.24. The highest BCUT2D eigenvalue weighted by molar-refractivity contribution is 7.98. The third-order valence-corrected chi connectivity index (χ3v) is 5.97. The third-order valence-electron chi connectivity index (χ3n) is 4.59. The zero-order valence-corrected chi connectivity index (χ0v) is 18.9. The minimum atomic E-state index is -0.298. The van der Waals surface area contributed by atoms with Crippen molar-refractivity contribution < 1.29 is 14.3 Å². The SMILES string of the molecule is CCn1c(NC(=O)CCC(=O)c2ccccc2OC)nnc1SCc1ccccc1Cl. The van der Waals surface area contributed by atoms with E-state index in [0.29, 0.717) is 39.7 Å². The number of rotatable bonds is 10. The van der Waals surface area contributed by atoms with Gasteiger partial charge in [-0.1, -0.05) is 53.7 Å². The number of carbonyl (C=O) groups is 2. The van der Waals surface area contributed by atoms with Gasteiger partial charge in [-0.3, -0.25) is 19.5 Å². The fourth-order valence-electron chi connectivity index (χ4n) is 2.95. The average molecular weight is 459 g/mol. The number of amides is 1. The molecule has 1 N–H and O–H groups in total. The molecule has 1 amide bonds. The van der Waals surface area contributed by atoms with Crippen LogP contribution in [0, 0.1) is 0 Å².